The summed E-state index contributed by atoms with van der Waals surface area (Å²) < 4.78 is 24.8. The maximum atomic E-state index is 11.1. The largest absolute Gasteiger partial charge is 0.301 e. The van der Waals surface area contributed by atoms with Crippen molar-refractivity contribution in [1.29, 1.82) is 0 Å². The molecular formula is C15H24N2O2S. The molecule has 0 bridgehead atoms. The van der Waals surface area contributed by atoms with Gasteiger partial charge < -0.3 is 4.90 Å². The van der Waals surface area contributed by atoms with Gasteiger partial charge in [-0.25, -0.2) is 13.1 Å². The third-order valence-electron chi connectivity index (χ3n) is 4.04. The average Bonchev–Trinajstić information content (AvgIpc) is 2.38. The summed E-state index contributed by atoms with van der Waals surface area (Å²) in [5.41, 5.74) is 1.55. The Labute approximate surface area is 122 Å². The van der Waals surface area contributed by atoms with Crippen molar-refractivity contribution in [3.8, 4) is 0 Å². The number of piperidine rings is 1. The second kappa shape index (κ2) is 6.24. The zero-order valence-electron chi connectivity index (χ0n) is 12.3. The minimum atomic E-state index is -3.08. The second-order valence-corrected chi connectivity index (χ2v) is 7.81. The average molecular weight is 296 g/mol. The van der Waals surface area contributed by atoms with E-state index in [4.69, 9.17) is 0 Å². The first kappa shape index (κ1) is 15.5. The summed E-state index contributed by atoms with van der Waals surface area (Å²) in [5, 5.41) is 0. The molecule has 112 valence electrons. The van der Waals surface area contributed by atoms with Crippen molar-refractivity contribution in [3.05, 3.63) is 35.9 Å². The molecule has 1 saturated heterocycles. The van der Waals surface area contributed by atoms with Crippen LogP contribution in [0.25, 0.3) is 0 Å². The number of hydrogen-bond donors (Lipinski definition) is 1. The van der Waals surface area contributed by atoms with Crippen LogP contribution in [-0.4, -0.2) is 45.8 Å². The van der Waals surface area contributed by atoms with Crippen molar-refractivity contribution in [2.75, 3.05) is 32.4 Å². The molecule has 1 aliphatic rings. The minimum Gasteiger partial charge on any atom is -0.301 e. The van der Waals surface area contributed by atoms with E-state index >= 15 is 0 Å². The molecule has 5 heteroatoms. The van der Waals surface area contributed by atoms with Crippen LogP contribution in [0, 0.1) is 0 Å². The van der Waals surface area contributed by atoms with Gasteiger partial charge in [0.2, 0.25) is 10.0 Å². The van der Waals surface area contributed by atoms with E-state index in [1.165, 1.54) is 18.2 Å². The molecule has 0 saturated carbocycles. The van der Waals surface area contributed by atoms with Crippen LogP contribution in [0.1, 0.15) is 25.3 Å². The number of sulfonamides is 1. The quantitative estimate of drug-likeness (QED) is 0.897. The van der Waals surface area contributed by atoms with Gasteiger partial charge >= 0.3 is 0 Å². The summed E-state index contributed by atoms with van der Waals surface area (Å²) in [5.74, 6) is 0. The van der Waals surface area contributed by atoms with Gasteiger partial charge in [-0.1, -0.05) is 37.3 Å². The third kappa shape index (κ3) is 4.30. The fourth-order valence-corrected chi connectivity index (χ4v) is 3.46. The fourth-order valence-electron chi connectivity index (χ4n) is 3.00. The van der Waals surface area contributed by atoms with Crippen molar-refractivity contribution in [2.24, 2.45) is 0 Å². The lowest BCUT2D eigenvalue weighted by Crippen LogP contribution is -2.46. The first-order valence-corrected chi connectivity index (χ1v) is 9.01. The molecule has 20 heavy (non-hydrogen) atoms. The van der Waals surface area contributed by atoms with Gasteiger partial charge in [-0.05, 0) is 24.9 Å². The Morgan fingerprint density at radius 1 is 1.30 bits per heavy atom. The number of likely N-dealkylation sites (tertiary alicyclic amines) is 1. The van der Waals surface area contributed by atoms with Crippen LogP contribution in [0.4, 0.5) is 0 Å². The van der Waals surface area contributed by atoms with Crippen LogP contribution in [-0.2, 0) is 15.4 Å². The maximum absolute atomic E-state index is 11.1. The van der Waals surface area contributed by atoms with Crippen LogP contribution >= 0.6 is 0 Å². The molecule has 1 N–H and O–H groups in total. The molecule has 4 nitrogen and oxygen atoms in total. The summed E-state index contributed by atoms with van der Waals surface area (Å²) in [7, 11) is -3.08. The highest BCUT2D eigenvalue weighted by atomic mass is 32.2. The molecule has 1 fully saturated rings. The second-order valence-electron chi connectivity index (χ2n) is 5.97. The number of hydrogen-bond acceptors (Lipinski definition) is 3. The highest BCUT2D eigenvalue weighted by molar-refractivity contribution is 7.88. The Hall–Kier alpha value is -0.910. The Balaban J connectivity index is 1.95. The predicted molar refractivity (Wildman–Crippen MR) is 82.3 cm³/mol. The van der Waals surface area contributed by atoms with Crippen LogP contribution in [0.3, 0.4) is 0 Å². The van der Waals surface area contributed by atoms with Gasteiger partial charge in [0.15, 0.2) is 0 Å². The summed E-state index contributed by atoms with van der Waals surface area (Å²) in [6, 6.07) is 10.6. The van der Waals surface area contributed by atoms with Crippen LogP contribution < -0.4 is 4.72 Å². The van der Waals surface area contributed by atoms with Gasteiger partial charge in [0, 0.05) is 25.0 Å². The van der Waals surface area contributed by atoms with E-state index in [1.54, 1.807) is 0 Å². The Morgan fingerprint density at radius 2 is 2.00 bits per heavy atom. The number of nitrogens with one attached hydrogen (secondary N) is 1. The van der Waals surface area contributed by atoms with Gasteiger partial charge in [-0.2, -0.15) is 0 Å². The zero-order valence-corrected chi connectivity index (χ0v) is 13.1. The third-order valence-corrected chi connectivity index (χ3v) is 4.77. The minimum absolute atomic E-state index is 0.171. The molecule has 1 aliphatic heterocycles. The fraction of sp³-hybridized carbons (Fsp3) is 0.600. The predicted octanol–water partition coefficient (Wildman–Crippen LogP) is 1.59. The number of nitrogens with zero attached hydrogens (tertiary/aromatic N) is 1. The first-order valence-electron chi connectivity index (χ1n) is 7.12. The maximum Gasteiger partial charge on any atom is 0.208 e. The van der Waals surface area contributed by atoms with E-state index in [0.717, 1.165) is 26.1 Å². The smallest absolute Gasteiger partial charge is 0.208 e. The SMILES string of the molecule is CC1(c2ccccc2)CCCN(CCNS(C)(=O)=O)C1. The van der Waals surface area contributed by atoms with Crippen LogP contribution in [0.15, 0.2) is 30.3 Å². The van der Waals surface area contributed by atoms with E-state index in [0.29, 0.717) is 6.54 Å². The van der Waals surface area contributed by atoms with E-state index in [9.17, 15) is 8.42 Å². The first-order chi connectivity index (χ1) is 9.39. The van der Waals surface area contributed by atoms with Crippen LogP contribution in [0.2, 0.25) is 0 Å². The molecule has 1 atom stereocenters. The Bertz CT molecular complexity index is 530. The van der Waals surface area contributed by atoms with Crippen molar-refractivity contribution >= 4 is 10.0 Å². The van der Waals surface area contributed by atoms with E-state index < -0.39 is 10.0 Å². The van der Waals surface area contributed by atoms with Crippen molar-refractivity contribution < 1.29 is 8.42 Å². The standard InChI is InChI=1S/C15H24N2O2S/c1-15(14-7-4-3-5-8-14)9-6-11-17(13-15)12-10-16-20(2,18)19/h3-5,7-8,16H,6,9-13H2,1-2H3. The topological polar surface area (TPSA) is 49.4 Å². The van der Waals surface area contributed by atoms with Gasteiger partial charge in [-0.15, -0.1) is 0 Å². The summed E-state index contributed by atoms with van der Waals surface area (Å²) >= 11 is 0. The van der Waals surface area contributed by atoms with E-state index in [2.05, 4.69) is 40.8 Å². The van der Waals surface area contributed by atoms with Crippen molar-refractivity contribution in [1.82, 2.24) is 9.62 Å². The lowest BCUT2D eigenvalue weighted by molar-refractivity contribution is 0.159. The lowest BCUT2D eigenvalue weighted by Gasteiger charge is -2.41. The molecular weight excluding hydrogens is 272 g/mol. The molecule has 0 aromatic heterocycles. The molecule has 0 amide bonds. The van der Waals surface area contributed by atoms with Gasteiger partial charge in [0.25, 0.3) is 0 Å². The van der Waals surface area contributed by atoms with Gasteiger partial charge in [0.05, 0.1) is 6.26 Å². The Morgan fingerprint density at radius 3 is 2.65 bits per heavy atom. The Kier molecular flexibility index (Phi) is 4.83. The highest BCUT2D eigenvalue weighted by Crippen LogP contribution is 2.33. The molecule has 1 aromatic carbocycles. The molecule has 1 aromatic rings. The summed E-state index contributed by atoms with van der Waals surface area (Å²) in [6.45, 7) is 5.61. The van der Waals surface area contributed by atoms with E-state index in [1.807, 2.05) is 6.07 Å². The molecule has 2 rings (SSSR count). The monoisotopic (exact) mass is 296 g/mol. The number of rotatable bonds is 5. The van der Waals surface area contributed by atoms with E-state index in [-0.39, 0.29) is 5.41 Å². The molecule has 1 unspecified atom stereocenters. The summed E-state index contributed by atoms with van der Waals surface area (Å²) in [4.78, 5) is 2.36. The van der Waals surface area contributed by atoms with Crippen molar-refractivity contribution in [3.63, 3.8) is 0 Å². The normalized spacial score (nSPS) is 24.7. The molecule has 0 aliphatic carbocycles. The molecule has 0 spiro atoms. The van der Waals surface area contributed by atoms with Crippen LogP contribution in [0.5, 0.6) is 0 Å². The van der Waals surface area contributed by atoms with Crippen molar-refractivity contribution in [2.45, 2.75) is 25.2 Å². The molecule has 0 radical (unpaired) electrons. The highest BCUT2D eigenvalue weighted by Gasteiger charge is 2.32. The van der Waals surface area contributed by atoms with Gasteiger partial charge in [-0.3, -0.25) is 0 Å². The van der Waals surface area contributed by atoms with Gasteiger partial charge in [0.1, 0.15) is 0 Å². The number of benzene rings is 1. The molecule has 1 heterocycles. The summed E-state index contributed by atoms with van der Waals surface area (Å²) in [6.07, 6.45) is 3.55. The zero-order chi connectivity index (χ0) is 14.6. The lowest BCUT2D eigenvalue weighted by atomic mass is 9.76.